The minimum atomic E-state index is -1.46. The zero-order valence-corrected chi connectivity index (χ0v) is 7.38. The van der Waals surface area contributed by atoms with Gasteiger partial charge in [0.25, 0.3) is 0 Å². The lowest BCUT2D eigenvalue weighted by Gasteiger charge is -2.18. The van der Waals surface area contributed by atoms with E-state index >= 15 is 0 Å². The fourth-order valence-corrected chi connectivity index (χ4v) is 1.89. The van der Waals surface area contributed by atoms with Crippen LogP contribution in [-0.4, -0.2) is 36.0 Å². The van der Waals surface area contributed by atoms with Gasteiger partial charge in [-0.3, -0.25) is 0 Å². The summed E-state index contributed by atoms with van der Waals surface area (Å²) in [5.41, 5.74) is 0. The van der Waals surface area contributed by atoms with Gasteiger partial charge in [-0.2, -0.15) is 0 Å². The molecule has 1 aliphatic rings. The van der Waals surface area contributed by atoms with Gasteiger partial charge in [0.05, 0.1) is 6.61 Å². The van der Waals surface area contributed by atoms with Gasteiger partial charge in [0, 0.05) is 19.8 Å². The number of rotatable bonds is 4. The first-order valence-corrected chi connectivity index (χ1v) is 4.99. The van der Waals surface area contributed by atoms with Crippen LogP contribution in [0, 0.1) is 0 Å². The zero-order chi connectivity index (χ0) is 7.94. The lowest BCUT2D eigenvalue weighted by atomic mass is 10.5. The average molecular weight is 176 g/mol. The third-order valence-electron chi connectivity index (χ3n) is 1.24. The van der Waals surface area contributed by atoms with Crippen molar-refractivity contribution >= 4 is 9.53 Å². The molecule has 0 atom stereocenters. The summed E-state index contributed by atoms with van der Waals surface area (Å²) in [6, 6.07) is 0. The second-order valence-corrected chi connectivity index (χ2v) is 3.57. The van der Waals surface area contributed by atoms with Gasteiger partial charge >= 0.3 is 9.53 Å². The summed E-state index contributed by atoms with van der Waals surface area (Å²) in [5, 5.41) is 10.0. The van der Waals surface area contributed by atoms with Crippen LogP contribution < -0.4 is 0 Å². The first-order chi connectivity index (χ1) is 5.43. The van der Waals surface area contributed by atoms with E-state index < -0.39 is 9.53 Å². The lowest BCUT2D eigenvalue weighted by molar-refractivity contribution is 0.0473. The van der Waals surface area contributed by atoms with E-state index in [0.29, 0.717) is 13.0 Å². The van der Waals surface area contributed by atoms with Crippen molar-refractivity contribution in [1.82, 2.24) is 0 Å². The van der Waals surface area contributed by atoms with Crippen LogP contribution in [0.5, 0.6) is 0 Å². The molecule has 0 saturated carbocycles. The van der Waals surface area contributed by atoms with Crippen LogP contribution in [0.1, 0.15) is 12.8 Å². The van der Waals surface area contributed by atoms with Crippen LogP contribution in [0.2, 0.25) is 0 Å². The fraction of sp³-hybridized carbons (Fsp3) is 1.00. The minimum Gasteiger partial charge on any atom is -0.371 e. The predicted molar refractivity (Wildman–Crippen MR) is 38.4 cm³/mol. The Morgan fingerprint density at radius 3 is 2.73 bits per heavy atom. The molecule has 0 aromatic rings. The highest BCUT2D eigenvalue weighted by Gasteiger charge is 2.21. The molecule has 1 heterocycles. The summed E-state index contributed by atoms with van der Waals surface area (Å²) in [4.78, 5) is 0. The Kier molecular flexibility index (Phi) is 4.72. The Morgan fingerprint density at radius 2 is 2.09 bits per heavy atom. The lowest BCUT2D eigenvalue weighted by Crippen LogP contribution is -2.33. The highest BCUT2D eigenvalue weighted by molar-refractivity contribution is 6.36. The van der Waals surface area contributed by atoms with E-state index in [9.17, 15) is 5.11 Å². The molecule has 1 rings (SSSR count). The van der Waals surface area contributed by atoms with Crippen LogP contribution in [0.15, 0.2) is 0 Å². The van der Waals surface area contributed by atoms with Crippen LogP contribution in [0.25, 0.3) is 0 Å². The van der Waals surface area contributed by atoms with Crippen LogP contribution in [0.4, 0.5) is 0 Å². The Balaban J connectivity index is 1.96. The monoisotopic (exact) mass is 176 g/mol. The largest absolute Gasteiger partial charge is 0.577 e. The molecule has 0 spiro atoms. The van der Waals surface area contributed by atoms with Gasteiger partial charge < -0.3 is 13.3 Å². The highest BCUT2D eigenvalue weighted by atomic mass is 28.3. The molecule has 1 fully saturated rings. The molecule has 0 N–H and O–H groups in total. The fourth-order valence-electron chi connectivity index (χ4n) is 0.709. The van der Waals surface area contributed by atoms with E-state index in [0.717, 1.165) is 19.6 Å². The molecule has 5 heteroatoms. The molecule has 2 radical (unpaired) electrons. The van der Waals surface area contributed by atoms with Gasteiger partial charge in [-0.05, 0) is 12.8 Å². The van der Waals surface area contributed by atoms with Gasteiger partial charge in [0.15, 0.2) is 0 Å². The van der Waals surface area contributed by atoms with Crippen molar-refractivity contribution in [2.24, 2.45) is 0 Å². The molecule has 4 nitrogen and oxygen atoms in total. The van der Waals surface area contributed by atoms with E-state index in [1.165, 1.54) is 0 Å². The average Bonchev–Trinajstić information content (AvgIpc) is 2.07. The minimum absolute atomic E-state index is 0.0881. The van der Waals surface area contributed by atoms with Crippen molar-refractivity contribution in [2.75, 3.05) is 26.4 Å². The third kappa shape index (κ3) is 3.83. The topological polar surface area (TPSA) is 47.6 Å². The number of hydrogen-bond acceptors (Lipinski definition) is 3. The van der Waals surface area contributed by atoms with Crippen molar-refractivity contribution < 1.29 is 18.4 Å². The Hall–Kier alpha value is 0.0569. The van der Waals surface area contributed by atoms with Crippen molar-refractivity contribution in [1.29, 1.82) is 0 Å². The van der Waals surface area contributed by atoms with E-state index in [4.69, 9.17) is 13.3 Å². The summed E-state index contributed by atoms with van der Waals surface area (Å²) in [5.74, 6) is 0. The van der Waals surface area contributed by atoms with Gasteiger partial charge in [-0.1, -0.05) is 0 Å². The summed E-state index contributed by atoms with van der Waals surface area (Å²) < 4.78 is 15.5. The van der Waals surface area contributed by atoms with Crippen molar-refractivity contribution in [2.45, 2.75) is 12.8 Å². The van der Waals surface area contributed by atoms with Gasteiger partial charge in [0.1, 0.15) is 0 Å². The predicted octanol–water partition coefficient (Wildman–Crippen LogP) is 0.245. The van der Waals surface area contributed by atoms with Crippen LogP contribution in [-0.2, 0) is 18.4 Å². The van der Waals surface area contributed by atoms with Crippen molar-refractivity contribution in [3.63, 3.8) is 0 Å². The van der Waals surface area contributed by atoms with E-state index in [-0.39, 0.29) is 6.61 Å². The summed E-state index contributed by atoms with van der Waals surface area (Å²) in [6.07, 6.45) is 1.49. The first-order valence-electron chi connectivity index (χ1n) is 3.77. The van der Waals surface area contributed by atoms with Crippen LogP contribution in [0.3, 0.4) is 0 Å². The van der Waals surface area contributed by atoms with Gasteiger partial charge in [-0.25, -0.2) is 5.11 Å². The molecular formula is C6H12O4Si. The quantitative estimate of drug-likeness (QED) is 0.455. The normalized spacial score (nSPS) is 20.5. The molecule has 64 valence electrons. The molecule has 0 aromatic carbocycles. The summed E-state index contributed by atoms with van der Waals surface area (Å²) in [7, 11) is -1.46. The Labute approximate surface area is 68.0 Å². The van der Waals surface area contributed by atoms with Gasteiger partial charge in [-0.15, -0.1) is 0 Å². The standard InChI is InChI=1S/C6H12O4Si/c7-3-1-4-8-11-9-5-2-6-10-11/h1-6H2. The smallest absolute Gasteiger partial charge is 0.371 e. The molecule has 0 bridgehead atoms. The highest BCUT2D eigenvalue weighted by Crippen LogP contribution is 2.02. The summed E-state index contributed by atoms with van der Waals surface area (Å²) in [6.45, 7) is 1.84. The Morgan fingerprint density at radius 1 is 1.36 bits per heavy atom. The molecule has 0 aliphatic carbocycles. The first kappa shape index (κ1) is 9.15. The maximum atomic E-state index is 10.0. The second-order valence-electron chi connectivity index (χ2n) is 2.21. The van der Waals surface area contributed by atoms with E-state index in [2.05, 4.69) is 0 Å². The maximum absolute atomic E-state index is 10.0. The van der Waals surface area contributed by atoms with Crippen molar-refractivity contribution in [3.05, 3.63) is 0 Å². The SMILES string of the molecule is [O]CCCO[Si]1OCCCO1. The maximum Gasteiger partial charge on any atom is 0.577 e. The second kappa shape index (κ2) is 5.67. The summed E-state index contributed by atoms with van der Waals surface area (Å²) >= 11 is 0. The molecule has 0 unspecified atom stereocenters. The zero-order valence-electron chi connectivity index (χ0n) is 6.38. The third-order valence-corrected chi connectivity index (χ3v) is 2.56. The Bertz CT molecular complexity index is 94.6. The number of hydrogen-bond donors (Lipinski definition) is 0. The molecule has 11 heavy (non-hydrogen) atoms. The van der Waals surface area contributed by atoms with Crippen LogP contribution >= 0.6 is 0 Å². The van der Waals surface area contributed by atoms with E-state index in [1.54, 1.807) is 0 Å². The van der Waals surface area contributed by atoms with Crippen molar-refractivity contribution in [3.8, 4) is 0 Å². The molecule has 1 saturated heterocycles. The molecule has 0 amide bonds. The molecule has 0 aromatic heterocycles. The molecule has 1 aliphatic heterocycles. The van der Waals surface area contributed by atoms with E-state index in [1.807, 2.05) is 0 Å². The molecular weight excluding hydrogens is 164 g/mol. The van der Waals surface area contributed by atoms with Gasteiger partial charge in [0.2, 0.25) is 0 Å².